The standard InChI is InChI=1S/C19H25N3O3S/c1-16-6-5-7-17(14-16)25-13-10-20-19-9-8-18(15-21-19)26(23,24)22-11-3-2-4-12-22/h5-9,14-15H,2-4,10-13H2,1H3,(H,20,21). The highest BCUT2D eigenvalue weighted by atomic mass is 32.2. The van der Waals surface area contributed by atoms with Crippen LogP contribution in [0.2, 0.25) is 0 Å². The molecule has 1 aromatic carbocycles. The molecule has 3 rings (SSSR count). The molecular weight excluding hydrogens is 350 g/mol. The third-order valence-corrected chi connectivity index (χ3v) is 6.24. The van der Waals surface area contributed by atoms with E-state index in [1.165, 1.54) is 6.20 Å². The van der Waals surface area contributed by atoms with Crippen molar-refractivity contribution in [3.8, 4) is 5.75 Å². The lowest BCUT2D eigenvalue weighted by Gasteiger charge is -2.25. The van der Waals surface area contributed by atoms with Gasteiger partial charge in [-0.1, -0.05) is 18.6 Å². The molecule has 1 aromatic heterocycles. The maximum atomic E-state index is 12.6. The summed E-state index contributed by atoms with van der Waals surface area (Å²) in [5.74, 6) is 1.47. The fraction of sp³-hybridized carbons (Fsp3) is 0.421. The molecule has 0 spiro atoms. The van der Waals surface area contributed by atoms with E-state index in [1.807, 2.05) is 31.2 Å². The van der Waals surface area contributed by atoms with Crippen molar-refractivity contribution in [2.75, 3.05) is 31.6 Å². The van der Waals surface area contributed by atoms with Crippen LogP contribution in [0, 0.1) is 6.92 Å². The summed E-state index contributed by atoms with van der Waals surface area (Å²) in [6.45, 7) is 4.30. The zero-order valence-electron chi connectivity index (χ0n) is 15.0. The second-order valence-electron chi connectivity index (χ2n) is 6.44. The van der Waals surface area contributed by atoms with Crippen molar-refractivity contribution in [2.45, 2.75) is 31.1 Å². The van der Waals surface area contributed by atoms with Gasteiger partial charge in [-0.05, 0) is 49.6 Å². The Labute approximate surface area is 155 Å². The van der Waals surface area contributed by atoms with Crippen LogP contribution in [0.25, 0.3) is 0 Å². The van der Waals surface area contributed by atoms with E-state index in [4.69, 9.17) is 4.74 Å². The molecule has 7 heteroatoms. The van der Waals surface area contributed by atoms with Gasteiger partial charge in [0.05, 0.1) is 6.54 Å². The van der Waals surface area contributed by atoms with Gasteiger partial charge in [-0.25, -0.2) is 13.4 Å². The Morgan fingerprint density at radius 1 is 1.15 bits per heavy atom. The molecule has 2 aromatic rings. The molecule has 0 aliphatic carbocycles. The molecule has 0 unspecified atom stereocenters. The summed E-state index contributed by atoms with van der Waals surface area (Å²) in [5.41, 5.74) is 1.16. The lowest BCUT2D eigenvalue weighted by Crippen LogP contribution is -2.35. The number of aryl methyl sites for hydroxylation is 1. The van der Waals surface area contributed by atoms with Gasteiger partial charge in [0.15, 0.2) is 0 Å². The molecular formula is C19H25N3O3S. The average Bonchev–Trinajstić information content (AvgIpc) is 2.66. The number of nitrogens with zero attached hydrogens (tertiary/aromatic N) is 2. The zero-order valence-corrected chi connectivity index (χ0v) is 15.8. The highest BCUT2D eigenvalue weighted by molar-refractivity contribution is 7.89. The number of hydrogen-bond acceptors (Lipinski definition) is 5. The van der Waals surface area contributed by atoms with Crippen molar-refractivity contribution in [1.82, 2.24) is 9.29 Å². The minimum absolute atomic E-state index is 0.251. The lowest BCUT2D eigenvalue weighted by molar-refractivity contribution is 0.332. The van der Waals surface area contributed by atoms with Crippen LogP contribution in [0.15, 0.2) is 47.5 Å². The number of aromatic nitrogens is 1. The molecule has 1 saturated heterocycles. The quantitative estimate of drug-likeness (QED) is 0.753. The van der Waals surface area contributed by atoms with E-state index in [1.54, 1.807) is 16.4 Å². The number of ether oxygens (including phenoxy) is 1. The minimum Gasteiger partial charge on any atom is -0.492 e. The van der Waals surface area contributed by atoms with Crippen molar-refractivity contribution >= 4 is 15.8 Å². The number of rotatable bonds is 7. The highest BCUT2D eigenvalue weighted by Gasteiger charge is 2.26. The van der Waals surface area contributed by atoms with Gasteiger partial charge in [0, 0.05) is 19.3 Å². The van der Waals surface area contributed by atoms with Crippen LogP contribution in [0.1, 0.15) is 24.8 Å². The average molecular weight is 375 g/mol. The Hall–Kier alpha value is -2.12. The number of benzene rings is 1. The molecule has 0 atom stereocenters. The van der Waals surface area contributed by atoms with Crippen LogP contribution in [0.3, 0.4) is 0 Å². The van der Waals surface area contributed by atoms with Crippen molar-refractivity contribution in [1.29, 1.82) is 0 Å². The molecule has 26 heavy (non-hydrogen) atoms. The third kappa shape index (κ3) is 4.74. The van der Waals surface area contributed by atoms with Crippen LogP contribution >= 0.6 is 0 Å². The zero-order chi connectivity index (χ0) is 18.4. The second-order valence-corrected chi connectivity index (χ2v) is 8.37. The Morgan fingerprint density at radius 2 is 1.96 bits per heavy atom. The summed E-state index contributed by atoms with van der Waals surface area (Å²) in [4.78, 5) is 4.48. The van der Waals surface area contributed by atoms with Gasteiger partial charge in [-0.3, -0.25) is 0 Å². The van der Waals surface area contributed by atoms with Crippen LogP contribution in [0.5, 0.6) is 5.75 Å². The van der Waals surface area contributed by atoms with E-state index in [0.29, 0.717) is 32.1 Å². The molecule has 2 heterocycles. The Balaban J connectivity index is 1.51. The van der Waals surface area contributed by atoms with Gasteiger partial charge in [0.1, 0.15) is 23.1 Å². The van der Waals surface area contributed by atoms with E-state index in [-0.39, 0.29) is 4.90 Å². The molecule has 1 N–H and O–H groups in total. The van der Waals surface area contributed by atoms with Crippen molar-refractivity contribution in [3.63, 3.8) is 0 Å². The normalized spacial score (nSPS) is 15.6. The SMILES string of the molecule is Cc1cccc(OCCNc2ccc(S(=O)(=O)N3CCCCC3)cn2)c1. The van der Waals surface area contributed by atoms with Crippen molar-refractivity contribution in [3.05, 3.63) is 48.2 Å². The molecule has 0 bridgehead atoms. The molecule has 1 aliphatic heterocycles. The maximum Gasteiger partial charge on any atom is 0.244 e. The van der Waals surface area contributed by atoms with E-state index in [9.17, 15) is 8.42 Å². The van der Waals surface area contributed by atoms with Crippen molar-refractivity contribution < 1.29 is 13.2 Å². The summed E-state index contributed by atoms with van der Waals surface area (Å²) < 4.78 is 32.4. The van der Waals surface area contributed by atoms with Gasteiger partial charge in [0.2, 0.25) is 10.0 Å². The van der Waals surface area contributed by atoms with Gasteiger partial charge < -0.3 is 10.1 Å². The van der Waals surface area contributed by atoms with Gasteiger partial charge >= 0.3 is 0 Å². The van der Waals surface area contributed by atoms with E-state index in [2.05, 4.69) is 10.3 Å². The fourth-order valence-corrected chi connectivity index (χ4v) is 4.41. The second kappa shape index (κ2) is 8.51. The van der Waals surface area contributed by atoms with Crippen LogP contribution in [-0.2, 0) is 10.0 Å². The van der Waals surface area contributed by atoms with Gasteiger partial charge in [-0.15, -0.1) is 0 Å². The molecule has 6 nitrogen and oxygen atoms in total. The smallest absolute Gasteiger partial charge is 0.244 e. The van der Waals surface area contributed by atoms with E-state index in [0.717, 1.165) is 30.6 Å². The first-order chi connectivity index (χ1) is 12.6. The summed E-state index contributed by atoms with van der Waals surface area (Å²) >= 11 is 0. The predicted molar refractivity (Wildman–Crippen MR) is 102 cm³/mol. The first-order valence-corrected chi connectivity index (χ1v) is 10.4. The number of piperidine rings is 1. The molecule has 140 valence electrons. The number of hydrogen-bond donors (Lipinski definition) is 1. The lowest BCUT2D eigenvalue weighted by atomic mass is 10.2. The summed E-state index contributed by atoms with van der Waals surface area (Å²) in [6, 6.07) is 11.2. The van der Waals surface area contributed by atoms with Gasteiger partial charge in [0.25, 0.3) is 0 Å². The van der Waals surface area contributed by atoms with E-state index < -0.39 is 10.0 Å². The Morgan fingerprint density at radius 3 is 2.65 bits per heavy atom. The number of sulfonamides is 1. The van der Waals surface area contributed by atoms with Crippen LogP contribution in [-0.4, -0.2) is 43.9 Å². The van der Waals surface area contributed by atoms with Crippen molar-refractivity contribution in [2.24, 2.45) is 0 Å². The molecule has 1 aliphatic rings. The van der Waals surface area contributed by atoms with Crippen LogP contribution < -0.4 is 10.1 Å². The monoisotopic (exact) mass is 375 g/mol. The van der Waals surface area contributed by atoms with Crippen LogP contribution in [0.4, 0.5) is 5.82 Å². The van der Waals surface area contributed by atoms with Gasteiger partial charge in [-0.2, -0.15) is 4.31 Å². The summed E-state index contributed by atoms with van der Waals surface area (Å²) in [5, 5.41) is 3.14. The molecule has 0 amide bonds. The number of anilines is 1. The maximum absolute atomic E-state index is 12.6. The third-order valence-electron chi connectivity index (χ3n) is 4.36. The molecule has 1 fully saturated rings. The first-order valence-electron chi connectivity index (χ1n) is 8.95. The number of pyridine rings is 1. The minimum atomic E-state index is -3.43. The largest absolute Gasteiger partial charge is 0.492 e. The topological polar surface area (TPSA) is 71.5 Å². The molecule has 0 saturated carbocycles. The number of nitrogens with one attached hydrogen (secondary N) is 1. The summed E-state index contributed by atoms with van der Waals surface area (Å²) in [7, 11) is -3.43. The predicted octanol–water partition coefficient (Wildman–Crippen LogP) is 3.06. The first kappa shape index (κ1) is 18.7. The highest BCUT2D eigenvalue weighted by Crippen LogP contribution is 2.20. The Kier molecular flexibility index (Phi) is 6.11. The summed E-state index contributed by atoms with van der Waals surface area (Å²) in [6.07, 6.45) is 4.37. The fourth-order valence-electron chi connectivity index (χ4n) is 2.94. The Bertz CT molecular complexity index is 816. The molecule has 0 radical (unpaired) electrons. The van der Waals surface area contributed by atoms with E-state index >= 15 is 0 Å².